The van der Waals surface area contributed by atoms with E-state index in [-0.39, 0.29) is 11.5 Å². The Morgan fingerprint density at radius 2 is 1.95 bits per heavy atom. The molecule has 0 atom stereocenters. The molecule has 0 aliphatic rings. The van der Waals surface area contributed by atoms with Gasteiger partial charge >= 0.3 is 5.97 Å². The zero-order chi connectivity index (χ0) is 14.9. The zero-order valence-electron chi connectivity index (χ0n) is 10.9. The average Bonchev–Trinajstić information content (AvgIpc) is 2.71. The lowest BCUT2D eigenvalue weighted by molar-refractivity contribution is 0.0696. The molecule has 1 heterocycles. The molecule has 0 saturated carbocycles. The first-order valence-electron chi connectivity index (χ1n) is 5.79. The van der Waals surface area contributed by atoms with Crippen LogP contribution in [0.5, 0.6) is 0 Å². The normalized spacial score (nSPS) is 10.3. The van der Waals surface area contributed by atoms with Crippen molar-refractivity contribution in [2.75, 3.05) is 5.32 Å². The number of hydrogen-bond acceptors (Lipinski definition) is 3. The van der Waals surface area contributed by atoms with E-state index in [9.17, 15) is 9.59 Å². The Hall–Kier alpha value is -1.66. The van der Waals surface area contributed by atoms with E-state index in [2.05, 4.69) is 21.2 Å². The number of amides is 1. The fourth-order valence-corrected chi connectivity index (χ4v) is 3.07. The van der Waals surface area contributed by atoms with Gasteiger partial charge in [0.25, 0.3) is 5.91 Å². The van der Waals surface area contributed by atoms with Crippen LogP contribution in [0.4, 0.5) is 5.69 Å². The van der Waals surface area contributed by atoms with Crippen molar-refractivity contribution in [2.45, 2.75) is 13.8 Å². The lowest BCUT2D eigenvalue weighted by atomic mass is 10.2. The molecule has 1 aromatic heterocycles. The van der Waals surface area contributed by atoms with Gasteiger partial charge in [-0.3, -0.25) is 4.79 Å². The quantitative estimate of drug-likeness (QED) is 0.873. The largest absolute Gasteiger partial charge is 0.478 e. The third-order valence-electron chi connectivity index (χ3n) is 2.75. The Balaban J connectivity index is 2.30. The summed E-state index contributed by atoms with van der Waals surface area (Å²) in [5.74, 6) is -1.27. The van der Waals surface area contributed by atoms with Gasteiger partial charge in [-0.15, -0.1) is 11.3 Å². The number of aromatic carboxylic acids is 1. The monoisotopic (exact) mass is 353 g/mol. The van der Waals surface area contributed by atoms with Crippen molar-refractivity contribution in [3.05, 3.63) is 49.6 Å². The van der Waals surface area contributed by atoms with Crippen LogP contribution in [0.25, 0.3) is 0 Å². The summed E-state index contributed by atoms with van der Waals surface area (Å²) in [6, 6.07) is 6.33. The van der Waals surface area contributed by atoms with Crippen LogP contribution in [0.15, 0.2) is 28.7 Å². The van der Waals surface area contributed by atoms with Crippen LogP contribution in [-0.4, -0.2) is 17.0 Å². The van der Waals surface area contributed by atoms with Gasteiger partial charge in [-0.25, -0.2) is 4.79 Å². The van der Waals surface area contributed by atoms with E-state index in [4.69, 9.17) is 5.11 Å². The summed E-state index contributed by atoms with van der Waals surface area (Å²) in [5.41, 5.74) is 1.18. The molecule has 104 valence electrons. The molecule has 0 fully saturated rings. The molecule has 0 aliphatic carbocycles. The van der Waals surface area contributed by atoms with Gasteiger partial charge in [0.1, 0.15) is 0 Å². The first-order valence-corrected chi connectivity index (χ1v) is 7.40. The standard InChI is InChI=1S/C14H12BrNO3S/c1-7-5-10(8(2)20-7)13(17)16-12-6-9(14(18)19)3-4-11(12)15/h3-6H,1-2H3,(H,16,17)(H,18,19). The van der Waals surface area contributed by atoms with Gasteiger partial charge in [0.15, 0.2) is 0 Å². The van der Waals surface area contributed by atoms with Crippen molar-refractivity contribution in [1.29, 1.82) is 0 Å². The molecule has 2 N–H and O–H groups in total. The fraction of sp³-hybridized carbons (Fsp3) is 0.143. The number of halogens is 1. The zero-order valence-corrected chi connectivity index (χ0v) is 13.3. The molecule has 4 nitrogen and oxygen atoms in total. The number of anilines is 1. The predicted molar refractivity (Wildman–Crippen MR) is 82.8 cm³/mol. The van der Waals surface area contributed by atoms with Crippen LogP contribution in [0.1, 0.15) is 30.5 Å². The van der Waals surface area contributed by atoms with Gasteiger partial charge in [-0.05, 0) is 54.0 Å². The van der Waals surface area contributed by atoms with Crippen LogP contribution in [-0.2, 0) is 0 Å². The van der Waals surface area contributed by atoms with Crippen molar-refractivity contribution >= 4 is 44.8 Å². The number of rotatable bonds is 3. The van der Waals surface area contributed by atoms with E-state index in [1.165, 1.54) is 12.1 Å². The Bertz CT molecular complexity index is 694. The third kappa shape index (κ3) is 3.08. The maximum atomic E-state index is 12.2. The van der Waals surface area contributed by atoms with Crippen LogP contribution >= 0.6 is 27.3 Å². The molecule has 20 heavy (non-hydrogen) atoms. The summed E-state index contributed by atoms with van der Waals surface area (Å²) in [4.78, 5) is 25.2. The van der Waals surface area contributed by atoms with E-state index < -0.39 is 5.97 Å². The van der Waals surface area contributed by atoms with Gasteiger partial charge < -0.3 is 10.4 Å². The van der Waals surface area contributed by atoms with E-state index in [0.29, 0.717) is 15.7 Å². The molecule has 0 bridgehead atoms. The van der Waals surface area contributed by atoms with Crippen LogP contribution in [0.2, 0.25) is 0 Å². The molecule has 2 rings (SSSR count). The van der Waals surface area contributed by atoms with Gasteiger partial charge in [-0.2, -0.15) is 0 Å². The summed E-state index contributed by atoms with van der Waals surface area (Å²) >= 11 is 4.85. The molecular weight excluding hydrogens is 342 g/mol. The van der Waals surface area contributed by atoms with E-state index >= 15 is 0 Å². The Morgan fingerprint density at radius 1 is 1.25 bits per heavy atom. The van der Waals surface area contributed by atoms with Crippen LogP contribution in [0, 0.1) is 13.8 Å². The average molecular weight is 354 g/mol. The molecule has 0 unspecified atom stereocenters. The fourth-order valence-electron chi connectivity index (χ4n) is 1.80. The second-order valence-electron chi connectivity index (χ2n) is 4.28. The molecule has 2 aromatic rings. The van der Waals surface area contributed by atoms with Crippen LogP contribution < -0.4 is 5.32 Å². The SMILES string of the molecule is Cc1cc(C(=O)Nc2cc(C(=O)O)ccc2Br)c(C)s1. The molecule has 1 aromatic carbocycles. The van der Waals surface area contributed by atoms with E-state index in [1.54, 1.807) is 17.4 Å². The summed E-state index contributed by atoms with van der Waals surface area (Å²) in [6.45, 7) is 3.82. The number of benzene rings is 1. The molecule has 0 spiro atoms. The lowest BCUT2D eigenvalue weighted by Crippen LogP contribution is -2.13. The number of carbonyl (C=O) groups is 2. The topological polar surface area (TPSA) is 66.4 Å². The number of aryl methyl sites for hydroxylation is 2. The summed E-state index contributed by atoms with van der Waals surface area (Å²) in [5, 5.41) is 11.7. The minimum Gasteiger partial charge on any atom is -0.478 e. The minimum absolute atomic E-state index is 0.127. The number of thiophene rings is 1. The molecule has 1 amide bonds. The molecule has 0 aliphatic heterocycles. The number of carboxylic acids is 1. The predicted octanol–water partition coefficient (Wildman–Crippen LogP) is 4.08. The van der Waals surface area contributed by atoms with Crippen molar-refractivity contribution in [1.82, 2.24) is 0 Å². The van der Waals surface area contributed by atoms with Crippen molar-refractivity contribution in [3.8, 4) is 0 Å². The number of carboxylic acid groups (broad SMARTS) is 1. The van der Waals surface area contributed by atoms with Gasteiger partial charge in [0.05, 0.1) is 16.8 Å². The maximum Gasteiger partial charge on any atom is 0.335 e. The van der Waals surface area contributed by atoms with Crippen LogP contribution in [0.3, 0.4) is 0 Å². The molecule has 0 radical (unpaired) electrons. The maximum absolute atomic E-state index is 12.2. The summed E-state index contributed by atoms with van der Waals surface area (Å²) < 4.78 is 0.639. The smallest absolute Gasteiger partial charge is 0.335 e. The Kier molecular flexibility index (Phi) is 4.25. The first kappa shape index (κ1) is 14.7. The highest BCUT2D eigenvalue weighted by atomic mass is 79.9. The Morgan fingerprint density at radius 3 is 2.50 bits per heavy atom. The van der Waals surface area contributed by atoms with E-state index in [0.717, 1.165) is 9.75 Å². The summed E-state index contributed by atoms with van der Waals surface area (Å²) in [6.07, 6.45) is 0. The molecular formula is C14H12BrNO3S. The Labute approximate surface area is 128 Å². The minimum atomic E-state index is -1.03. The number of carbonyl (C=O) groups excluding carboxylic acids is 1. The van der Waals surface area contributed by atoms with Gasteiger partial charge in [0, 0.05) is 14.2 Å². The summed E-state index contributed by atoms with van der Waals surface area (Å²) in [7, 11) is 0. The molecule has 6 heteroatoms. The van der Waals surface area contributed by atoms with Crippen molar-refractivity contribution in [2.24, 2.45) is 0 Å². The van der Waals surface area contributed by atoms with Crippen molar-refractivity contribution in [3.63, 3.8) is 0 Å². The lowest BCUT2D eigenvalue weighted by Gasteiger charge is -2.08. The van der Waals surface area contributed by atoms with Gasteiger partial charge in [-0.1, -0.05) is 0 Å². The number of nitrogens with one attached hydrogen (secondary N) is 1. The highest BCUT2D eigenvalue weighted by molar-refractivity contribution is 9.10. The van der Waals surface area contributed by atoms with Gasteiger partial charge in [0.2, 0.25) is 0 Å². The highest BCUT2D eigenvalue weighted by Gasteiger charge is 2.14. The first-order chi connectivity index (χ1) is 9.38. The second kappa shape index (κ2) is 5.76. The highest BCUT2D eigenvalue weighted by Crippen LogP contribution is 2.26. The van der Waals surface area contributed by atoms with E-state index in [1.807, 2.05) is 19.9 Å². The second-order valence-corrected chi connectivity index (χ2v) is 6.60. The third-order valence-corrected chi connectivity index (χ3v) is 4.40. The molecule has 0 saturated heterocycles. The number of hydrogen-bond donors (Lipinski definition) is 2. The van der Waals surface area contributed by atoms with Crippen molar-refractivity contribution < 1.29 is 14.7 Å².